The van der Waals surface area contributed by atoms with Crippen molar-refractivity contribution in [3.8, 4) is 5.75 Å². The van der Waals surface area contributed by atoms with E-state index in [-0.39, 0.29) is 36.0 Å². The molecule has 9 nitrogen and oxygen atoms in total. The van der Waals surface area contributed by atoms with Gasteiger partial charge in [-0.25, -0.2) is 9.59 Å². The Bertz CT molecular complexity index is 731. The number of benzene rings is 1. The number of thioether (sulfide) groups is 1. The van der Waals surface area contributed by atoms with Crippen molar-refractivity contribution < 1.29 is 38.3 Å². The molecule has 1 aromatic rings. The fourth-order valence-corrected chi connectivity index (χ4v) is 2.96. The fraction of sp³-hybridized carbons (Fsp3) is 0.471. The summed E-state index contributed by atoms with van der Waals surface area (Å²) >= 11 is 1.36. The summed E-state index contributed by atoms with van der Waals surface area (Å²) in [6.45, 7) is 3.12. The predicted molar refractivity (Wildman–Crippen MR) is 102 cm³/mol. The van der Waals surface area contributed by atoms with Crippen LogP contribution in [0.25, 0.3) is 0 Å². The second-order valence-corrected chi connectivity index (χ2v) is 6.75. The number of ether oxygens (including phenoxy) is 3. The lowest BCUT2D eigenvalue weighted by Crippen LogP contribution is -2.53. The lowest BCUT2D eigenvalue weighted by molar-refractivity contribution is -0.119. The molecule has 152 valence electrons. The number of nitrogens with one attached hydrogen (secondary N) is 1. The Morgan fingerprint density at radius 3 is 2.82 bits per heavy atom. The molecular formula is C17H22BNO8S. The van der Waals surface area contributed by atoms with Crippen LogP contribution in [0.2, 0.25) is 0 Å². The van der Waals surface area contributed by atoms with E-state index < -0.39 is 31.5 Å². The number of carbonyl (C=O) groups excluding carboxylic acids is 3. The van der Waals surface area contributed by atoms with Gasteiger partial charge in [0.15, 0.2) is 0 Å². The topological polar surface area (TPSA) is 120 Å². The van der Waals surface area contributed by atoms with Crippen LogP contribution in [0.4, 0.5) is 4.79 Å². The minimum absolute atomic E-state index is 0.0738. The summed E-state index contributed by atoms with van der Waals surface area (Å²) in [5.74, 6) is -1.21. The molecule has 0 saturated carbocycles. The highest BCUT2D eigenvalue weighted by atomic mass is 32.2. The molecule has 2 atom stereocenters. The van der Waals surface area contributed by atoms with Crippen molar-refractivity contribution in [1.29, 1.82) is 0 Å². The van der Waals surface area contributed by atoms with Gasteiger partial charge in [0.1, 0.15) is 11.3 Å². The molecule has 1 aliphatic heterocycles. The normalized spacial score (nSPS) is 16.3. The van der Waals surface area contributed by atoms with Crippen LogP contribution in [0.15, 0.2) is 18.2 Å². The van der Waals surface area contributed by atoms with Crippen LogP contribution in [0.5, 0.6) is 5.75 Å². The Morgan fingerprint density at radius 2 is 2.14 bits per heavy atom. The van der Waals surface area contributed by atoms with Gasteiger partial charge in [-0.05, 0) is 31.2 Å². The number of hydrogen-bond acceptors (Lipinski definition) is 9. The van der Waals surface area contributed by atoms with Gasteiger partial charge in [-0.1, -0.05) is 12.1 Å². The third kappa shape index (κ3) is 5.80. The Kier molecular flexibility index (Phi) is 8.00. The molecule has 0 bridgehead atoms. The average Bonchev–Trinajstić information content (AvgIpc) is 2.62. The van der Waals surface area contributed by atoms with Gasteiger partial charge >= 0.3 is 19.2 Å². The zero-order chi connectivity index (χ0) is 20.7. The van der Waals surface area contributed by atoms with Gasteiger partial charge in [0.2, 0.25) is 12.2 Å². The monoisotopic (exact) mass is 411 g/mol. The first-order valence-electron chi connectivity index (χ1n) is 8.65. The molecule has 2 N–H and O–H groups in total. The van der Waals surface area contributed by atoms with Gasteiger partial charge < -0.3 is 29.2 Å². The van der Waals surface area contributed by atoms with E-state index >= 15 is 0 Å². The summed E-state index contributed by atoms with van der Waals surface area (Å²) in [5, 5.41) is 12.9. The maximum absolute atomic E-state index is 12.4. The largest absolute Gasteiger partial charge is 0.547 e. The molecule has 1 heterocycles. The van der Waals surface area contributed by atoms with Crippen LogP contribution in [0, 0.1) is 0 Å². The second-order valence-electron chi connectivity index (χ2n) is 5.89. The van der Waals surface area contributed by atoms with Crippen molar-refractivity contribution in [2.45, 2.75) is 32.5 Å². The number of para-hydroxylation sites is 1. The molecule has 0 aliphatic carbocycles. The predicted octanol–water partition coefficient (Wildman–Crippen LogP) is 1.16. The summed E-state index contributed by atoms with van der Waals surface area (Å²) in [6.07, 6.45) is -0.0391. The molecule has 0 spiro atoms. The lowest BCUT2D eigenvalue weighted by atomic mass is 9.72. The van der Waals surface area contributed by atoms with Crippen molar-refractivity contribution in [2.24, 2.45) is 0 Å². The molecular weight excluding hydrogens is 389 g/mol. The highest BCUT2D eigenvalue weighted by Crippen LogP contribution is 2.31. The molecule has 1 unspecified atom stereocenters. The minimum atomic E-state index is -1.32. The maximum atomic E-state index is 12.4. The van der Waals surface area contributed by atoms with Gasteiger partial charge in [0.05, 0.1) is 18.3 Å². The Hall–Kier alpha value is -2.40. The third-order valence-electron chi connectivity index (χ3n) is 3.76. The highest BCUT2D eigenvalue weighted by molar-refractivity contribution is 7.99. The smallest absolute Gasteiger partial charge is 0.534 e. The summed E-state index contributed by atoms with van der Waals surface area (Å²) < 4.78 is 20.0. The van der Waals surface area contributed by atoms with Crippen molar-refractivity contribution >= 4 is 36.9 Å². The summed E-state index contributed by atoms with van der Waals surface area (Å²) in [4.78, 5) is 35.5. The van der Waals surface area contributed by atoms with E-state index in [1.807, 2.05) is 0 Å². The number of carbonyl (C=O) groups is 3. The molecule has 0 radical (unpaired) electrons. The first-order valence-corrected chi connectivity index (χ1v) is 10.0. The Labute approximate surface area is 167 Å². The summed E-state index contributed by atoms with van der Waals surface area (Å²) in [5.41, 5.74) is 0.706. The van der Waals surface area contributed by atoms with E-state index in [9.17, 15) is 19.4 Å². The van der Waals surface area contributed by atoms with E-state index in [4.69, 9.17) is 14.1 Å². The van der Waals surface area contributed by atoms with Crippen LogP contribution in [-0.2, 0) is 25.4 Å². The number of hydrogen-bond donors (Lipinski definition) is 2. The third-order valence-corrected chi connectivity index (χ3v) is 4.31. The molecule has 1 aliphatic rings. The molecule has 11 heteroatoms. The van der Waals surface area contributed by atoms with Gasteiger partial charge in [-0.15, -0.1) is 0 Å². The van der Waals surface area contributed by atoms with Crippen molar-refractivity contribution in [3.63, 3.8) is 0 Å². The van der Waals surface area contributed by atoms with E-state index in [0.29, 0.717) is 5.56 Å². The van der Waals surface area contributed by atoms with Gasteiger partial charge in [-0.2, -0.15) is 11.8 Å². The highest BCUT2D eigenvalue weighted by Gasteiger charge is 2.38. The molecule has 2 rings (SSSR count). The molecule has 0 saturated heterocycles. The maximum Gasteiger partial charge on any atom is 0.547 e. The van der Waals surface area contributed by atoms with Crippen molar-refractivity contribution in [1.82, 2.24) is 5.32 Å². The first-order chi connectivity index (χ1) is 13.3. The average molecular weight is 411 g/mol. The van der Waals surface area contributed by atoms with Crippen LogP contribution in [0.3, 0.4) is 0 Å². The minimum Gasteiger partial charge on any atom is -0.534 e. The lowest BCUT2D eigenvalue weighted by Gasteiger charge is -2.29. The van der Waals surface area contributed by atoms with Crippen molar-refractivity contribution in [2.75, 3.05) is 18.6 Å². The van der Waals surface area contributed by atoms with Crippen LogP contribution < -0.4 is 9.97 Å². The van der Waals surface area contributed by atoms with Crippen LogP contribution in [0.1, 0.15) is 29.8 Å². The molecule has 1 aromatic carbocycles. The summed E-state index contributed by atoms with van der Waals surface area (Å²) in [6, 6.07) is 4.83. The van der Waals surface area contributed by atoms with E-state index in [1.165, 1.54) is 24.8 Å². The molecule has 1 amide bonds. The van der Waals surface area contributed by atoms with Gasteiger partial charge in [-0.3, -0.25) is 4.79 Å². The Balaban J connectivity index is 2.08. The zero-order valence-corrected chi connectivity index (χ0v) is 16.6. The fourth-order valence-electron chi connectivity index (χ4n) is 2.61. The zero-order valence-electron chi connectivity index (χ0n) is 15.8. The molecule has 28 heavy (non-hydrogen) atoms. The number of amides is 1. The molecule has 0 aromatic heterocycles. The SMILES string of the molecule is CCOC(=O)OC(C)OC(=O)c1cccc2c1OB(O)[C@@H](NC(=O)CSC)C2. The molecule has 0 fully saturated rings. The van der Waals surface area contributed by atoms with E-state index in [0.717, 1.165) is 0 Å². The van der Waals surface area contributed by atoms with Crippen molar-refractivity contribution in [3.05, 3.63) is 29.3 Å². The standard InChI is InChI=1S/C17H22BNO8S/c1-4-24-17(22)26-10(2)25-16(21)12-7-5-6-11-8-13(18(23)27-15(11)12)19-14(20)9-28-3/h5-7,10,13,23H,4,8-9H2,1-3H3,(H,19,20)/t10?,13-/m0/s1. The summed E-state index contributed by atoms with van der Waals surface area (Å²) in [7, 11) is -1.32. The quantitative estimate of drug-likeness (QED) is 0.387. The van der Waals surface area contributed by atoms with E-state index in [2.05, 4.69) is 10.1 Å². The number of fused-ring (bicyclic) bond motifs is 1. The number of esters is 1. The van der Waals surface area contributed by atoms with E-state index in [1.54, 1.807) is 25.3 Å². The first kappa shape index (κ1) is 21.9. The van der Waals surface area contributed by atoms with Gasteiger partial charge in [0.25, 0.3) is 0 Å². The van der Waals surface area contributed by atoms with Crippen LogP contribution in [-0.4, -0.2) is 61.0 Å². The Morgan fingerprint density at radius 1 is 1.39 bits per heavy atom. The van der Waals surface area contributed by atoms with Crippen LogP contribution >= 0.6 is 11.8 Å². The van der Waals surface area contributed by atoms with Gasteiger partial charge in [0, 0.05) is 6.92 Å². The number of rotatable bonds is 7. The second kappa shape index (κ2) is 10.2.